The molecule has 1 amide bonds. The molecular formula is C26H30N2O6S. The molecule has 0 radical (unpaired) electrons. The Labute approximate surface area is 206 Å². The van der Waals surface area contributed by atoms with Crippen LogP contribution in [0, 0.1) is 6.92 Å². The molecule has 0 saturated carbocycles. The number of methoxy groups -OCH3 is 3. The van der Waals surface area contributed by atoms with Crippen LogP contribution in [0.5, 0.6) is 17.2 Å². The summed E-state index contributed by atoms with van der Waals surface area (Å²) in [7, 11) is 0.476. The van der Waals surface area contributed by atoms with Crippen molar-refractivity contribution in [3.8, 4) is 17.2 Å². The van der Waals surface area contributed by atoms with E-state index in [0.717, 1.165) is 15.4 Å². The monoisotopic (exact) mass is 498 g/mol. The maximum absolute atomic E-state index is 13.6. The van der Waals surface area contributed by atoms with E-state index >= 15 is 0 Å². The zero-order valence-electron chi connectivity index (χ0n) is 20.4. The molecule has 1 atom stereocenters. The van der Waals surface area contributed by atoms with Gasteiger partial charge in [0, 0.05) is 0 Å². The van der Waals surface area contributed by atoms with E-state index in [9.17, 15) is 13.2 Å². The van der Waals surface area contributed by atoms with E-state index in [-0.39, 0.29) is 10.6 Å². The van der Waals surface area contributed by atoms with Gasteiger partial charge in [0.15, 0.2) is 11.5 Å². The standard InChI is InChI=1S/C26H30N2O6S/c1-18-11-13-23(32-3)22(15-18)28(35(30,31)21-9-7-6-8-10-21)17-26(29)27-19(2)20-12-14-24(33-4)25(16-20)34-5/h6-16,19H,17H2,1-5H3,(H,27,29)/t19-/m0/s1. The lowest BCUT2D eigenvalue weighted by Gasteiger charge is -2.27. The van der Waals surface area contributed by atoms with E-state index in [1.807, 2.05) is 26.0 Å². The van der Waals surface area contributed by atoms with Crippen molar-refractivity contribution in [2.45, 2.75) is 24.8 Å². The van der Waals surface area contributed by atoms with Gasteiger partial charge in [-0.15, -0.1) is 0 Å². The molecule has 0 heterocycles. The van der Waals surface area contributed by atoms with Gasteiger partial charge in [-0.3, -0.25) is 9.10 Å². The fraction of sp³-hybridized carbons (Fsp3) is 0.269. The van der Waals surface area contributed by atoms with Gasteiger partial charge in [-0.25, -0.2) is 8.42 Å². The average Bonchev–Trinajstić information content (AvgIpc) is 2.87. The van der Waals surface area contributed by atoms with E-state index in [4.69, 9.17) is 14.2 Å². The minimum atomic E-state index is -4.06. The summed E-state index contributed by atoms with van der Waals surface area (Å²) in [5.41, 5.74) is 1.89. The van der Waals surface area contributed by atoms with Crippen molar-refractivity contribution >= 4 is 21.6 Å². The molecule has 0 saturated heterocycles. The summed E-state index contributed by atoms with van der Waals surface area (Å²) in [6.45, 7) is 3.21. The van der Waals surface area contributed by atoms with Gasteiger partial charge in [0.05, 0.1) is 38.0 Å². The van der Waals surface area contributed by atoms with Crippen molar-refractivity contribution in [1.29, 1.82) is 0 Å². The SMILES string of the molecule is COc1ccc([C@H](C)NC(=O)CN(c2cc(C)ccc2OC)S(=O)(=O)c2ccccc2)cc1OC. The molecular weight excluding hydrogens is 468 g/mol. The number of benzene rings is 3. The Kier molecular flexibility index (Phi) is 8.24. The third-order valence-corrected chi connectivity index (χ3v) is 7.28. The lowest BCUT2D eigenvalue weighted by molar-refractivity contribution is -0.120. The second-order valence-electron chi connectivity index (χ2n) is 7.90. The minimum absolute atomic E-state index is 0.0734. The summed E-state index contributed by atoms with van der Waals surface area (Å²) in [5, 5.41) is 2.88. The maximum Gasteiger partial charge on any atom is 0.264 e. The first-order valence-electron chi connectivity index (χ1n) is 10.9. The predicted molar refractivity (Wildman–Crippen MR) is 135 cm³/mol. The molecule has 35 heavy (non-hydrogen) atoms. The zero-order valence-corrected chi connectivity index (χ0v) is 21.3. The van der Waals surface area contributed by atoms with E-state index in [0.29, 0.717) is 17.2 Å². The number of carbonyl (C=O) groups excluding carboxylic acids is 1. The number of nitrogens with one attached hydrogen (secondary N) is 1. The summed E-state index contributed by atoms with van der Waals surface area (Å²) in [4.78, 5) is 13.2. The highest BCUT2D eigenvalue weighted by Crippen LogP contribution is 2.34. The molecule has 0 aromatic heterocycles. The molecule has 1 N–H and O–H groups in total. The highest BCUT2D eigenvalue weighted by molar-refractivity contribution is 7.92. The largest absolute Gasteiger partial charge is 0.495 e. The normalized spacial score (nSPS) is 11.9. The lowest BCUT2D eigenvalue weighted by Crippen LogP contribution is -2.41. The van der Waals surface area contributed by atoms with Crippen molar-refractivity contribution in [3.05, 3.63) is 77.9 Å². The molecule has 186 valence electrons. The first-order chi connectivity index (χ1) is 16.7. The number of aryl methyl sites for hydroxylation is 1. The Hall–Kier alpha value is -3.72. The van der Waals surface area contributed by atoms with Crippen LogP contribution >= 0.6 is 0 Å². The fourth-order valence-electron chi connectivity index (χ4n) is 3.64. The third-order valence-electron chi connectivity index (χ3n) is 5.51. The number of sulfonamides is 1. The first-order valence-corrected chi connectivity index (χ1v) is 12.4. The quantitative estimate of drug-likeness (QED) is 0.452. The molecule has 8 nitrogen and oxygen atoms in total. The summed E-state index contributed by atoms with van der Waals surface area (Å²) in [6.07, 6.45) is 0. The van der Waals surface area contributed by atoms with E-state index in [2.05, 4.69) is 5.32 Å². The highest BCUT2D eigenvalue weighted by atomic mass is 32.2. The third kappa shape index (κ3) is 5.86. The van der Waals surface area contributed by atoms with Crippen LogP contribution in [0.1, 0.15) is 24.1 Å². The Balaban J connectivity index is 1.94. The number of anilines is 1. The van der Waals surface area contributed by atoms with E-state index < -0.39 is 28.5 Å². The number of hydrogen-bond acceptors (Lipinski definition) is 6. The number of carbonyl (C=O) groups is 1. The van der Waals surface area contributed by atoms with Crippen LogP contribution < -0.4 is 23.8 Å². The first kappa shape index (κ1) is 25.9. The summed E-state index contributed by atoms with van der Waals surface area (Å²) in [5.74, 6) is 0.969. The number of hydrogen-bond donors (Lipinski definition) is 1. The number of rotatable bonds is 10. The van der Waals surface area contributed by atoms with Crippen molar-refractivity contribution in [2.24, 2.45) is 0 Å². The predicted octanol–water partition coefficient (Wildman–Crippen LogP) is 4.09. The van der Waals surface area contributed by atoms with Crippen molar-refractivity contribution in [2.75, 3.05) is 32.2 Å². The molecule has 0 aliphatic heterocycles. The molecule has 3 aromatic carbocycles. The van der Waals surface area contributed by atoms with Gasteiger partial charge in [0.1, 0.15) is 12.3 Å². The molecule has 0 unspecified atom stereocenters. The summed E-state index contributed by atoms with van der Waals surface area (Å²) < 4.78 is 44.4. The van der Waals surface area contributed by atoms with Crippen LogP contribution in [0.2, 0.25) is 0 Å². The van der Waals surface area contributed by atoms with Gasteiger partial charge in [0.25, 0.3) is 10.0 Å². The van der Waals surface area contributed by atoms with Gasteiger partial charge in [-0.2, -0.15) is 0 Å². The Morgan fingerprint density at radius 3 is 2.14 bits per heavy atom. The van der Waals surface area contributed by atoms with Gasteiger partial charge < -0.3 is 19.5 Å². The Morgan fingerprint density at radius 1 is 0.886 bits per heavy atom. The molecule has 0 fully saturated rings. The van der Waals surface area contributed by atoms with Crippen LogP contribution in [-0.2, 0) is 14.8 Å². The van der Waals surface area contributed by atoms with E-state index in [1.165, 1.54) is 26.4 Å². The molecule has 0 aliphatic rings. The number of nitrogens with zero attached hydrogens (tertiary/aromatic N) is 1. The molecule has 9 heteroatoms. The highest BCUT2D eigenvalue weighted by Gasteiger charge is 2.30. The maximum atomic E-state index is 13.6. The lowest BCUT2D eigenvalue weighted by atomic mass is 10.1. The number of ether oxygens (including phenoxy) is 3. The molecule has 3 rings (SSSR count). The van der Waals surface area contributed by atoms with Crippen LogP contribution in [0.25, 0.3) is 0 Å². The van der Waals surface area contributed by atoms with Gasteiger partial charge >= 0.3 is 0 Å². The molecule has 0 spiro atoms. The average molecular weight is 499 g/mol. The van der Waals surface area contributed by atoms with E-state index in [1.54, 1.807) is 49.6 Å². The van der Waals surface area contributed by atoms with Crippen molar-refractivity contribution in [3.63, 3.8) is 0 Å². The molecule has 3 aromatic rings. The minimum Gasteiger partial charge on any atom is -0.495 e. The summed E-state index contributed by atoms with van der Waals surface area (Å²) >= 11 is 0. The Bertz CT molecular complexity index is 1280. The Morgan fingerprint density at radius 2 is 1.51 bits per heavy atom. The van der Waals surface area contributed by atoms with Crippen LogP contribution in [0.3, 0.4) is 0 Å². The topological polar surface area (TPSA) is 94.2 Å². The molecule has 0 bridgehead atoms. The summed E-state index contributed by atoms with van der Waals surface area (Å²) in [6, 6.07) is 18.1. The van der Waals surface area contributed by atoms with Gasteiger partial charge in [-0.05, 0) is 61.4 Å². The van der Waals surface area contributed by atoms with Crippen molar-refractivity contribution < 1.29 is 27.4 Å². The van der Waals surface area contributed by atoms with Gasteiger partial charge in [-0.1, -0.05) is 30.3 Å². The smallest absolute Gasteiger partial charge is 0.264 e. The molecule has 0 aliphatic carbocycles. The zero-order chi connectivity index (χ0) is 25.6. The number of amides is 1. The van der Waals surface area contributed by atoms with Crippen LogP contribution in [-0.4, -0.2) is 42.2 Å². The van der Waals surface area contributed by atoms with Gasteiger partial charge in [0.2, 0.25) is 5.91 Å². The van der Waals surface area contributed by atoms with Crippen LogP contribution in [0.4, 0.5) is 5.69 Å². The second-order valence-corrected chi connectivity index (χ2v) is 9.77. The van der Waals surface area contributed by atoms with Crippen LogP contribution in [0.15, 0.2) is 71.6 Å². The fourth-order valence-corrected chi connectivity index (χ4v) is 5.08. The van der Waals surface area contributed by atoms with Crippen molar-refractivity contribution in [1.82, 2.24) is 5.32 Å². The second kappa shape index (κ2) is 11.1.